The molecule has 5 nitrogen and oxygen atoms in total. The van der Waals surface area contributed by atoms with E-state index in [0.717, 1.165) is 44.2 Å². The second-order valence-electron chi connectivity index (χ2n) is 9.10. The van der Waals surface area contributed by atoms with Gasteiger partial charge < -0.3 is 5.11 Å². The van der Waals surface area contributed by atoms with Crippen molar-refractivity contribution in [3.05, 3.63) is 71.8 Å². The molecule has 2 aliphatic rings. The molecule has 0 spiro atoms. The van der Waals surface area contributed by atoms with Crippen LogP contribution in [0.1, 0.15) is 50.7 Å². The lowest BCUT2D eigenvalue weighted by Crippen LogP contribution is -2.53. The van der Waals surface area contributed by atoms with E-state index in [9.17, 15) is 9.67 Å². The van der Waals surface area contributed by atoms with Crippen LogP contribution >= 0.6 is 7.67 Å². The molecule has 4 rings (SSSR count). The maximum atomic E-state index is 14.6. The zero-order valence-electron chi connectivity index (χ0n) is 19.3. The summed E-state index contributed by atoms with van der Waals surface area (Å²) in [6, 6.07) is 20.3. The number of hydrogen-bond acceptors (Lipinski definition) is 3. The molecule has 2 fully saturated rings. The number of aliphatic hydroxyl groups is 1. The average molecular weight is 457 g/mol. The lowest BCUT2D eigenvalue weighted by Gasteiger charge is -2.43. The SMILES string of the molecule is CCCCN1[C@H](Cc2ccccc2)[C@H](O)[C@H]2OP1(=O)N(CCCC)[C@@H]2Cc1ccccc1. The second kappa shape index (κ2) is 10.6. The summed E-state index contributed by atoms with van der Waals surface area (Å²) in [6.45, 7) is 5.71. The van der Waals surface area contributed by atoms with Gasteiger partial charge in [0.1, 0.15) is 6.10 Å². The van der Waals surface area contributed by atoms with Crippen LogP contribution in [0.5, 0.6) is 0 Å². The van der Waals surface area contributed by atoms with E-state index in [1.54, 1.807) is 0 Å². The van der Waals surface area contributed by atoms with Crippen molar-refractivity contribution in [2.24, 2.45) is 0 Å². The maximum absolute atomic E-state index is 14.6. The van der Waals surface area contributed by atoms with Gasteiger partial charge in [-0.3, -0.25) is 9.09 Å². The van der Waals surface area contributed by atoms with Crippen molar-refractivity contribution < 1.29 is 14.2 Å². The fourth-order valence-corrected chi connectivity index (χ4v) is 8.20. The fraction of sp³-hybridized carbons (Fsp3) is 0.538. The molecule has 0 amide bonds. The first kappa shape index (κ1) is 23.7. The van der Waals surface area contributed by atoms with Gasteiger partial charge in [0.05, 0.1) is 18.2 Å². The largest absolute Gasteiger partial charge is 0.389 e. The van der Waals surface area contributed by atoms with E-state index < -0.39 is 19.9 Å². The van der Waals surface area contributed by atoms with Gasteiger partial charge >= 0.3 is 7.67 Å². The van der Waals surface area contributed by atoms with E-state index in [1.807, 2.05) is 41.1 Å². The number of rotatable bonds is 10. The molecule has 2 saturated heterocycles. The molecule has 1 N–H and O–H groups in total. The van der Waals surface area contributed by atoms with E-state index >= 15 is 0 Å². The first-order chi connectivity index (χ1) is 15.6. The van der Waals surface area contributed by atoms with E-state index in [0.29, 0.717) is 13.0 Å². The Kier molecular flexibility index (Phi) is 7.86. The molecule has 0 aliphatic carbocycles. The lowest BCUT2D eigenvalue weighted by atomic mass is 9.91. The molecule has 1 unspecified atom stereocenters. The summed E-state index contributed by atoms with van der Waals surface area (Å²) in [6.07, 6.45) is 4.22. The third kappa shape index (κ3) is 4.73. The zero-order chi connectivity index (χ0) is 22.6. The molecular formula is C26H37N2O3P. The van der Waals surface area contributed by atoms with Gasteiger partial charge in [0.25, 0.3) is 0 Å². The molecule has 6 heteroatoms. The second-order valence-corrected chi connectivity index (χ2v) is 11.3. The van der Waals surface area contributed by atoms with Crippen LogP contribution in [0.25, 0.3) is 0 Å². The Morgan fingerprint density at radius 3 is 1.78 bits per heavy atom. The lowest BCUT2D eigenvalue weighted by molar-refractivity contribution is -0.0361. The van der Waals surface area contributed by atoms with Crippen LogP contribution in [0.4, 0.5) is 0 Å². The van der Waals surface area contributed by atoms with Crippen LogP contribution < -0.4 is 0 Å². The summed E-state index contributed by atoms with van der Waals surface area (Å²) in [5, 5.41) is 11.6. The van der Waals surface area contributed by atoms with Crippen molar-refractivity contribution in [2.75, 3.05) is 13.1 Å². The molecule has 2 aromatic carbocycles. The molecule has 174 valence electrons. The van der Waals surface area contributed by atoms with Crippen LogP contribution in [-0.4, -0.2) is 51.8 Å². The summed E-state index contributed by atoms with van der Waals surface area (Å²) in [5.74, 6) is 0. The average Bonchev–Trinajstić information content (AvgIpc) is 3.06. The van der Waals surface area contributed by atoms with Crippen LogP contribution in [0.2, 0.25) is 0 Å². The predicted molar refractivity (Wildman–Crippen MR) is 130 cm³/mol. The zero-order valence-corrected chi connectivity index (χ0v) is 20.2. The Bertz CT molecular complexity index is 855. The highest BCUT2D eigenvalue weighted by molar-refractivity contribution is 7.54. The van der Waals surface area contributed by atoms with Gasteiger partial charge in [0, 0.05) is 13.1 Å². The summed E-state index contributed by atoms with van der Waals surface area (Å²) in [5.41, 5.74) is 2.35. The normalized spacial score (nSPS) is 30.6. The number of fused-ring (bicyclic) bond motifs is 2. The molecule has 2 bridgehead atoms. The minimum atomic E-state index is -3.22. The summed E-state index contributed by atoms with van der Waals surface area (Å²) >= 11 is 0. The molecule has 2 heterocycles. The van der Waals surface area contributed by atoms with Crippen LogP contribution in [0.3, 0.4) is 0 Å². The summed E-state index contributed by atoms with van der Waals surface area (Å²) in [4.78, 5) is 0. The van der Waals surface area contributed by atoms with E-state index in [2.05, 4.69) is 42.8 Å². The fourth-order valence-electron chi connectivity index (χ4n) is 5.11. The van der Waals surface area contributed by atoms with Gasteiger partial charge in [-0.25, -0.2) is 9.34 Å². The molecular weight excluding hydrogens is 419 g/mol. The van der Waals surface area contributed by atoms with Crippen molar-refractivity contribution in [3.63, 3.8) is 0 Å². The number of benzene rings is 2. The van der Waals surface area contributed by atoms with Crippen molar-refractivity contribution in [3.8, 4) is 0 Å². The molecule has 5 atom stereocenters. The molecule has 2 aliphatic heterocycles. The first-order valence-electron chi connectivity index (χ1n) is 12.2. The van der Waals surface area contributed by atoms with Crippen molar-refractivity contribution in [1.82, 2.24) is 9.34 Å². The third-order valence-electron chi connectivity index (χ3n) is 6.84. The Morgan fingerprint density at radius 2 is 1.28 bits per heavy atom. The molecule has 0 saturated carbocycles. The Hall–Kier alpha value is -1.49. The molecule has 2 aromatic rings. The smallest absolute Gasteiger partial charge is 0.347 e. The highest BCUT2D eigenvalue weighted by atomic mass is 31.2. The standard InChI is InChI=1S/C26H37N2O3P/c1-3-5-17-27-23(19-21-13-9-7-10-14-21)25(29)26-24(20-22-15-11-8-12-16-22)28(18-6-4-2)32(27,30)31-26/h7-16,23-26,29H,3-6,17-20H2,1-2H3/t23-,24-,25+,26+,32?/m1/s1. The Labute approximate surface area is 193 Å². The van der Waals surface area contributed by atoms with Gasteiger partial charge in [-0.05, 0) is 36.8 Å². The monoisotopic (exact) mass is 456 g/mol. The van der Waals surface area contributed by atoms with Crippen LogP contribution in [0, 0.1) is 0 Å². The quantitative estimate of drug-likeness (QED) is 0.492. The number of unbranched alkanes of at least 4 members (excludes halogenated alkanes) is 2. The van der Waals surface area contributed by atoms with E-state index in [1.165, 1.54) is 5.56 Å². The molecule has 32 heavy (non-hydrogen) atoms. The maximum Gasteiger partial charge on any atom is 0.347 e. The Balaban J connectivity index is 1.70. The first-order valence-corrected chi connectivity index (χ1v) is 13.7. The highest BCUT2D eigenvalue weighted by Gasteiger charge is 2.62. The van der Waals surface area contributed by atoms with Crippen molar-refractivity contribution in [1.29, 1.82) is 0 Å². The van der Waals surface area contributed by atoms with Gasteiger partial charge in [-0.2, -0.15) is 0 Å². The van der Waals surface area contributed by atoms with Gasteiger partial charge in [0.15, 0.2) is 0 Å². The molecule has 0 aromatic heterocycles. The topological polar surface area (TPSA) is 53.0 Å². The number of nitrogens with zero attached hydrogens (tertiary/aromatic N) is 2. The minimum Gasteiger partial charge on any atom is -0.389 e. The number of aliphatic hydroxyl groups excluding tert-OH is 1. The van der Waals surface area contributed by atoms with E-state index in [-0.39, 0.29) is 12.1 Å². The summed E-state index contributed by atoms with van der Waals surface area (Å²) < 4.78 is 25.1. The highest BCUT2D eigenvalue weighted by Crippen LogP contribution is 2.66. The third-order valence-corrected chi connectivity index (χ3v) is 9.65. The summed E-state index contributed by atoms with van der Waals surface area (Å²) in [7, 11) is -3.22. The van der Waals surface area contributed by atoms with Crippen LogP contribution in [-0.2, 0) is 21.9 Å². The van der Waals surface area contributed by atoms with Crippen molar-refractivity contribution >= 4 is 7.67 Å². The van der Waals surface area contributed by atoms with Gasteiger partial charge in [-0.15, -0.1) is 0 Å². The minimum absolute atomic E-state index is 0.0883. The number of hydrogen-bond donors (Lipinski definition) is 1. The van der Waals surface area contributed by atoms with Gasteiger partial charge in [0.2, 0.25) is 0 Å². The predicted octanol–water partition coefficient (Wildman–Crippen LogP) is 5.29. The van der Waals surface area contributed by atoms with Gasteiger partial charge in [-0.1, -0.05) is 87.4 Å². The molecule has 0 radical (unpaired) electrons. The van der Waals surface area contributed by atoms with Crippen molar-refractivity contribution in [2.45, 2.75) is 76.7 Å². The van der Waals surface area contributed by atoms with Crippen LogP contribution in [0.15, 0.2) is 60.7 Å². The van der Waals surface area contributed by atoms with E-state index in [4.69, 9.17) is 4.52 Å². The Morgan fingerprint density at radius 1 is 0.812 bits per heavy atom.